The van der Waals surface area contributed by atoms with Crippen molar-refractivity contribution in [1.82, 2.24) is 0 Å². The number of halogens is 1. The summed E-state index contributed by atoms with van der Waals surface area (Å²) in [5.74, 6) is 0.652. The lowest BCUT2D eigenvalue weighted by atomic mass is 10.1. The van der Waals surface area contributed by atoms with Crippen LogP contribution in [-0.2, 0) is 16.0 Å². The summed E-state index contributed by atoms with van der Waals surface area (Å²) in [6.45, 7) is 0. The fourth-order valence-electron chi connectivity index (χ4n) is 2.19. The normalized spacial score (nSPS) is 15.5. The molecule has 0 amide bonds. The smallest absolute Gasteiger partial charge is 0.363 e. The van der Waals surface area contributed by atoms with Gasteiger partial charge in [0.15, 0.2) is 5.70 Å². The summed E-state index contributed by atoms with van der Waals surface area (Å²) in [4.78, 5) is 16.2. The van der Waals surface area contributed by atoms with Gasteiger partial charge in [-0.2, -0.15) is 0 Å². The number of ether oxygens (including phenoxy) is 2. The minimum Gasteiger partial charge on any atom is -0.497 e. The molecule has 0 aliphatic carbocycles. The summed E-state index contributed by atoms with van der Waals surface area (Å²) >= 11 is 5.85. The molecule has 0 saturated carbocycles. The Morgan fingerprint density at radius 2 is 2.00 bits per heavy atom. The second-order valence-corrected chi connectivity index (χ2v) is 5.44. The van der Waals surface area contributed by atoms with Crippen molar-refractivity contribution < 1.29 is 14.3 Å². The maximum Gasteiger partial charge on any atom is 0.363 e. The summed E-state index contributed by atoms with van der Waals surface area (Å²) < 4.78 is 10.4. The zero-order chi connectivity index (χ0) is 16.2. The molecule has 0 fully saturated rings. The summed E-state index contributed by atoms with van der Waals surface area (Å²) in [6, 6.07) is 14.7. The monoisotopic (exact) mass is 327 g/mol. The maximum absolute atomic E-state index is 11.9. The number of esters is 1. The maximum atomic E-state index is 11.9. The highest BCUT2D eigenvalue weighted by Gasteiger charge is 2.22. The van der Waals surface area contributed by atoms with Crippen molar-refractivity contribution in [3.05, 3.63) is 70.4 Å². The van der Waals surface area contributed by atoms with Crippen LogP contribution < -0.4 is 4.74 Å². The van der Waals surface area contributed by atoms with Gasteiger partial charge in [-0.1, -0.05) is 35.9 Å². The third kappa shape index (κ3) is 3.79. The van der Waals surface area contributed by atoms with Crippen LogP contribution in [0.25, 0.3) is 6.08 Å². The van der Waals surface area contributed by atoms with E-state index in [0.29, 0.717) is 17.3 Å². The molecule has 0 bridgehead atoms. The van der Waals surface area contributed by atoms with Crippen molar-refractivity contribution in [2.24, 2.45) is 4.99 Å². The van der Waals surface area contributed by atoms with Crippen molar-refractivity contribution in [2.75, 3.05) is 7.11 Å². The number of nitrogens with zero attached hydrogens (tertiary/aromatic N) is 1. The first-order valence-electron chi connectivity index (χ1n) is 7.04. The van der Waals surface area contributed by atoms with Crippen LogP contribution in [0.15, 0.2) is 59.2 Å². The standard InChI is InChI=1S/C18H14ClNO3/c1-22-15-4-2-3-13(9-15)10-16-18(21)23-17(20-16)11-12-5-7-14(19)8-6-12/h2-10H,11H2,1H3/b16-10+. The quantitative estimate of drug-likeness (QED) is 0.632. The van der Waals surface area contributed by atoms with Crippen LogP contribution in [0.1, 0.15) is 11.1 Å². The topological polar surface area (TPSA) is 47.9 Å². The highest BCUT2D eigenvalue weighted by Crippen LogP contribution is 2.20. The fraction of sp³-hybridized carbons (Fsp3) is 0.111. The Kier molecular flexibility index (Phi) is 4.44. The Morgan fingerprint density at radius 3 is 2.74 bits per heavy atom. The van der Waals surface area contributed by atoms with Crippen molar-refractivity contribution >= 4 is 29.5 Å². The first-order chi connectivity index (χ1) is 11.1. The fourth-order valence-corrected chi connectivity index (χ4v) is 2.32. The number of cyclic esters (lactones) is 1. The number of carbonyl (C=O) groups excluding carboxylic acids is 1. The molecule has 0 saturated heterocycles. The van der Waals surface area contributed by atoms with Gasteiger partial charge in [-0.3, -0.25) is 0 Å². The Balaban J connectivity index is 1.80. The summed E-state index contributed by atoms with van der Waals surface area (Å²) in [7, 11) is 1.60. The van der Waals surface area contributed by atoms with Crippen LogP contribution in [0.5, 0.6) is 5.75 Å². The van der Waals surface area contributed by atoms with E-state index in [4.69, 9.17) is 21.1 Å². The number of hydrogen-bond donors (Lipinski definition) is 0. The third-order valence-electron chi connectivity index (χ3n) is 3.33. The molecule has 2 aromatic carbocycles. The van der Waals surface area contributed by atoms with E-state index in [9.17, 15) is 4.79 Å². The number of methoxy groups -OCH3 is 1. The number of hydrogen-bond acceptors (Lipinski definition) is 4. The van der Waals surface area contributed by atoms with Crippen molar-refractivity contribution in [3.63, 3.8) is 0 Å². The molecule has 0 aromatic heterocycles. The van der Waals surface area contributed by atoms with Crippen molar-refractivity contribution in [3.8, 4) is 5.75 Å². The molecule has 2 aromatic rings. The second kappa shape index (κ2) is 6.67. The van der Waals surface area contributed by atoms with Gasteiger partial charge in [0.05, 0.1) is 7.11 Å². The largest absolute Gasteiger partial charge is 0.497 e. The minimum atomic E-state index is -0.447. The van der Waals surface area contributed by atoms with Gasteiger partial charge in [-0.15, -0.1) is 0 Å². The highest BCUT2D eigenvalue weighted by molar-refractivity contribution is 6.30. The number of carbonyl (C=O) groups is 1. The molecule has 0 N–H and O–H groups in total. The predicted octanol–water partition coefficient (Wildman–Crippen LogP) is 3.89. The van der Waals surface area contributed by atoms with Crippen LogP contribution in [0.3, 0.4) is 0 Å². The lowest BCUT2D eigenvalue weighted by Crippen LogP contribution is -2.06. The van der Waals surface area contributed by atoms with Gasteiger partial charge in [0.25, 0.3) is 0 Å². The molecule has 1 aliphatic heterocycles. The molecular weight excluding hydrogens is 314 g/mol. The van der Waals surface area contributed by atoms with Gasteiger partial charge in [0.2, 0.25) is 5.90 Å². The zero-order valence-corrected chi connectivity index (χ0v) is 13.2. The summed E-state index contributed by atoms with van der Waals surface area (Å²) in [6.07, 6.45) is 2.12. The van der Waals surface area contributed by atoms with Gasteiger partial charge in [-0.05, 0) is 41.5 Å². The molecule has 0 radical (unpaired) electrons. The van der Waals surface area contributed by atoms with E-state index >= 15 is 0 Å². The Morgan fingerprint density at radius 1 is 1.22 bits per heavy atom. The molecule has 0 spiro atoms. The molecule has 1 aliphatic rings. The van der Waals surface area contributed by atoms with Crippen LogP contribution >= 0.6 is 11.6 Å². The van der Waals surface area contributed by atoms with Crippen molar-refractivity contribution in [2.45, 2.75) is 6.42 Å². The molecule has 116 valence electrons. The summed E-state index contributed by atoms with van der Waals surface area (Å²) in [5, 5.41) is 0.665. The number of rotatable bonds is 4. The SMILES string of the molecule is COc1cccc(/C=C2/N=C(Cc3ccc(Cl)cc3)OC2=O)c1. The zero-order valence-electron chi connectivity index (χ0n) is 12.5. The van der Waals surface area contributed by atoms with Crippen LogP contribution in [0.2, 0.25) is 5.02 Å². The molecule has 5 heteroatoms. The Hall–Kier alpha value is -2.59. The average molecular weight is 328 g/mol. The van der Waals surface area contributed by atoms with E-state index in [-0.39, 0.29) is 5.70 Å². The Labute approximate surface area is 139 Å². The molecule has 1 heterocycles. The van der Waals surface area contributed by atoms with Crippen LogP contribution in [0, 0.1) is 0 Å². The van der Waals surface area contributed by atoms with Gasteiger partial charge in [0.1, 0.15) is 5.75 Å². The van der Waals surface area contributed by atoms with Gasteiger partial charge in [-0.25, -0.2) is 9.79 Å². The Bertz CT molecular complexity index is 794. The first kappa shape index (κ1) is 15.3. The summed E-state index contributed by atoms with van der Waals surface area (Å²) in [5.41, 5.74) is 2.08. The first-order valence-corrected chi connectivity index (χ1v) is 7.42. The van der Waals surface area contributed by atoms with E-state index in [1.807, 2.05) is 36.4 Å². The van der Waals surface area contributed by atoms with E-state index in [0.717, 1.165) is 16.9 Å². The molecule has 3 rings (SSSR count). The van der Waals surface area contributed by atoms with Gasteiger partial charge < -0.3 is 9.47 Å². The van der Waals surface area contributed by atoms with Gasteiger partial charge in [0, 0.05) is 11.4 Å². The second-order valence-electron chi connectivity index (χ2n) is 5.00. The average Bonchev–Trinajstić information content (AvgIpc) is 2.89. The van der Waals surface area contributed by atoms with Crippen LogP contribution in [-0.4, -0.2) is 19.0 Å². The third-order valence-corrected chi connectivity index (χ3v) is 3.58. The highest BCUT2D eigenvalue weighted by atomic mass is 35.5. The number of aliphatic imine (C=N–C) groups is 1. The molecule has 23 heavy (non-hydrogen) atoms. The lowest BCUT2D eigenvalue weighted by Gasteiger charge is -2.00. The number of benzene rings is 2. The van der Waals surface area contributed by atoms with Crippen LogP contribution in [0.4, 0.5) is 0 Å². The molecule has 4 nitrogen and oxygen atoms in total. The molecular formula is C18H14ClNO3. The van der Waals surface area contributed by atoms with Crippen molar-refractivity contribution in [1.29, 1.82) is 0 Å². The molecule has 0 atom stereocenters. The van der Waals surface area contributed by atoms with E-state index in [2.05, 4.69) is 4.99 Å². The van der Waals surface area contributed by atoms with Gasteiger partial charge >= 0.3 is 5.97 Å². The van der Waals surface area contributed by atoms with E-state index < -0.39 is 5.97 Å². The molecule has 0 unspecified atom stereocenters. The predicted molar refractivity (Wildman–Crippen MR) is 89.7 cm³/mol. The lowest BCUT2D eigenvalue weighted by molar-refractivity contribution is -0.130. The van der Waals surface area contributed by atoms with E-state index in [1.54, 1.807) is 25.3 Å². The minimum absolute atomic E-state index is 0.280. The van der Waals surface area contributed by atoms with E-state index in [1.165, 1.54) is 0 Å².